The molecule has 2 N–H and O–H groups in total. The van der Waals surface area contributed by atoms with Crippen LogP contribution in [0.5, 0.6) is 0 Å². The molecular formula is C13H12N4O3S. The predicted molar refractivity (Wildman–Crippen MR) is 74.9 cm³/mol. The molecule has 1 aromatic carbocycles. The fraction of sp³-hybridized carbons (Fsp3) is 0.231. The summed E-state index contributed by atoms with van der Waals surface area (Å²) in [7, 11) is -3.91. The molecule has 0 radical (unpaired) electrons. The Balaban J connectivity index is 1.94. The highest BCUT2D eigenvalue weighted by molar-refractivity contribution is 7.89. The fourth-order valence-corrected chi connectivity index (χ4v) is 3.06. The zero-order valence-corrected chi connectivity index (χ0v) is 11.7. The van der Waals surface area contributed by atoms with E-state index in [1.165, 1.54) is 0 Å². The molecule has 0 amide bonds. The second-order valence-corrected chi connectivity index (χ2v) is 6.56. The second kappa shape index (κ2) is 4.15. The largest absolute Gasteiger partial charge is 0.453 e. The Labute approximate surface area is 120 Å². The van der Waals surface area contributed by atoms with E-state index in [0.29, 0.717) is 11.6 Å². The number of sulfonamides is 1. The Morgan fingerprint density at radius 1 is 1.24 bits per heavy atom. The second-order valence-electron chi connectivity index (χ2n) is 5.10. The molecule has 7 nitrogen and oxygen atoms in total. The molecule has 1 aliphatic rings. The molecule has 0 saturated heterocycles. The lowest BCUT2D eigenvalue weighted by atomic mass is 10.2. The van der Waals surface area contributed by atoms with Crippen molar-refractivity contribution in [2.75, 3.05) is 0 Å². The topological polar surface area (TPSA) is 104 Å². The summed E-state index contributed by atoms with van der Waals surface area (Å²) in [6.07, 6.45) is 1.77. The van der Waals surface area contributed by atoms with Crippen molar-refractivity contribution in [2.45, 2.75) is 24.0 Å². The molecule has 108 valence electrons. The van der Waals surface area contributed by atoms with Gasteiger partial charge in [0.25, 0.3) is 15.2 Å². The van der Waals surface area contributed by atoms with Crippen LogP contribution in [0, 0.1) is 0 Å². The van der Waals surface area contributed by atoms with Gasteiger partial charge in [0.2, 0.25) is 5.82 Å². The lowest BCUT2D eigenvalue weighted by Crippen LogP contribution is -2.18. The van der Waals surface area contributed by atoms with Gasteiger partial charge in [-0.05, 0) is 25.0 Å². The summed E-state index contributed by atoms with van der Waals surface area (Å²) in [5.74, 6) is 0.892. The van der Waals surface area contributed by atoms with E-state index in [0.717, 1.165) is 23.8 Å². The van der Waals surface area contributed by atoms with Crippen LogP contribution in [-0.2, 0) is 10.0 Å². The van der Waals surface area contributed by atoms with Crippen molar-refractivity contribution in [3.8, 4) is 11.6 Å². The summed E-state index contributed by atoms with van der Waals surface area (Å²) in [6.45, 7) is 0. The molecule has 1 saturated carbocycles. The minimum Gasteiger partial charge on any atom is -0.453 e. The zero-order valence-electron chi connectivity index (χ0n) is 10.9. The lowest BCUT2D eigenvalue weighted by molar-refractivity contribution is 0.562. The van der Waals surface area contributed by atoms with Crippen molar-refractivity contribution in [2.24, 2.45) is 5.14 Å². The van der Waals surface area contributed by atoms with Gasteiger partial charge in [0.05, 0.1) is 0 Å². The highest BCUT2D eigenvalue weighted by Crippen LogP contribution is 2.40. The summed E-state index contributed by atoms with van der Waals surface area (Å²) < 4.78 is 30.6. The van der Waals surface area contributed by atoms with Crippen molar-refractivity contribution in [1.82, 2.24) is 14.8 Å². The van der Waals surface area contributed by atoms with Gasteiger partial charge in [0.15, 0.2) is 5.76 Å². The maximum atomic E-state index is 11.6. The molecule has 2 heterocycles. The Bertz CT molecular complexity index is 904. The molecule has 1 aliphatic carbocycles. The van der Waals surface area contributed by atoms with Crippen molar-refractivity contribution in [1.29, 1.82) is 0 Å². The van der Waals surface area contributed by atoms with E-state index in [2.05, 4.69) is 10.2 Å². The van der Waals surface area contributed by atoms with E-state index < -0.39 is 10.0 Å². The number of furan rings is 1. The number of benzene rings is 1. The van der Waals surface area contributed by atoms with E-state index in [4.69, 9.17) is 9.56 Å². The number of hydrogen-bond acceptors (Lipinski definition) is 5. The van der Waals surface area contributed by atoms with Crippen LogP contribution in [0.25, 0.3) is 22.6 Å². The summed E-state index contributed by atoms with van der Waals surface area (Å²) in [4.78, 5) is 0. The molecule has 0 aliphatic heterocycles. The van der Waals surface area contributed by atoms with Gasteiger partial charge in [-0.15, -0.1) is 10.2 Å². The van der Waals surface area contributed by atoms with Gasteiger partial charge in [0.1, 0.15) is 5.58 Å². The average Bonchev–Trinajstić information content (AvgIpc) is 3.02. The Morgan fingerprint density at radius 3 is 2.67 bits per heavy atom. The van der Waals surface area contributed by atoms with Gasteiger partial charge in [-0.3, -0.25) is 4.57 Å². The number of para-hydroxylation sites is 1. The SMILES string of the molecule is NS(=O)(=O)c1nnc(-c2cc3ccccc3o2)n1C1CC1. The minimum absolute atomic E-state index is 0.0662. The molecule has 1 fully saturated rings. The molecule has 21 heavy (non-hydrogen) atoms. The van der Waals surface area contributed by atoms with Crippen LogP contribution in [0.4, 0.5) is 0 Å². The number of rotatable bonds is 3. The summed E-state index contributed by atoms with van der Waals surface area (Å²) in [5.41, 5.74) is 0.718. The van der Waals surface area contributed by atoms with Crippen LogP contribution >= 0.6 is 0 Å². The van der Waals surface area contributed by atoms with Gasteiger partial charge in [-0.1, -0.05) is 18.2 Å². The molecular weight excluding hydrogens is 292 g/mol. The van der Waals surface area contributed by atoms with E-state index in [9.17, 15) is 8.42 Å². The molecule has 0 atom stereocenters. The van der Waals surface area contributed by atoms with Crippen LogP contribution in [0.2, 0.25) is 0 Å². The molecule has 8 heteroatoms. The fourth-order valence-electron chi connectivity index (χ4n) is 2.39. The Morgan fingerprint density at radius 2 is 2.00 bits per heavy atom. The summed E-state index contributed by atoms with van der Waals surface area (Å²) in [5, 5.41) is 13.6. The molecule has 0 bridgehead atoms. The number of fused-ring (bicyclic) bond motifs is 1. The molecule has 4 rings (SSSR count). The van der Waals surface area contributed by atoms with Crippen LogP contribution in [0.1, 0.15) is 18.9 Å². The third-order valence-electron chi connectivity index (χ3n) is 3.48. The number of nitrogens with zero attached hydrogens (tertiary/aromatic N) is 3. The van der Waals surface area contributed by atoms with E-state index in [-0.39, 0.29) is 11.2 Å². The smallest absolute Gasteiger partial charge is 0.273 e. The maximum absolute atomic E-state index is 11.6. The van der Waals surface area contributed by atoms with Crippen molar-refractivity contribution >= 4 is 21.0 Å². The van der Waals surface area contributed by atoms with Crippen molar-refractivity contribution in [3.63, 3.8) is 0 Å². The quantitative estimate of drug-likeness (QED) is 0.792. The first-order valence-corrected chi connectivity index (χ1v) is 8.05. The number of aromatic nitrogens is 3. The zero-order chi connectivity index (χ0) is 14.6. The van der Waals surface area contributed by atoms with Crippen LogP contribution in [0.15, 0.2) is 39.9 Å². The van der Waals surface area contributed by atoms with E-state index >= 15 is 0 Å². The van der Waals surface area contributed by atoms with Crippen LogP contribution in [-0.4, -0.2) is 23.2 Å². The maximum Gasteiger partial charge on any atom is 0.273 e. The third kappa shape index (κ3) is 2.03. The monoisotopic (exact) mass is 304 g/mol. The van der Waals surface area contributed by atoms with E-state index in [1.54, 1.807) is 4.57 Å². The van der Waals surface area contributed by atoms with Crippen LogP contribution < -0.4 is 5.14 Å². The van der Waals surface area contributed by atoms with Gasteiger partial charge < -0.3 is 4.42 Å². The molecule has 3 aromatic rings. The number of primary sulfonamides is 1. The van der Waals surface area contributed by atoms with Gasteiger partial charge in [-0.2, -0.15) is 0 Å². The van der Waals surface area contributed by atoms with Crippen molar-refractivity contribution < 1.29 is 12.8 Å². The number of nitrogens with two attached hydrogens (primary N) is 1. The molecule has 0 unspecified atom stereocenters. The van der Waals surface area contributed by atoms with Crippen molar-refractivity contribution in [3.05, 3.63) is 30.3 Å². The normalized spacial score (nSPS) is 15.7. The first-order valence-electron chi connectivity index (χ1n) is 6.51. The first-order chi connectivity index (χ1) is 10.0. The molecule has 2 aromatic heterocycles. The number of hydrogen-bond donors (Lipinski definition) is 1. The molecule has 0 spiro atoms. The Kier molecular flexibility index (Phi) is 2.48. The highest BCUT2D eigenvalue weighted by Gasteiger charge is 2.34. The minimum atomic E-state index is -3.91. The lowest BCUT2D eigenvalue weighted by Gasteiger charge is -2.05. The average molecular weight is 304 g/mol. The standard InChI is InChI=1S/C13H12N4O3S/c14-21(18,19)13-16-15-12(17(13)9-5-6-9)11-7-8-3-1-2-4-10(8)20-11/h1-4,7,9H,5-6H2,(H2,14,18,19). The summed E-state index contributed by atoms with van der Waals surface area (Å²) >= 11 is 0. The third-order valence-corrected chi connectivity index (χ3v) is 4.26. The van der Waals surface area contributed by atoms with Gasteiger partial charge in [-0.25, -0.2) is 13.6 Å². The van der Waals surface area contributed by atoms with Gasteiger partial charge >= 0.3 is 0 Å². The highest BCUT2D eigenvalue weighted by atomic mass is 32.2. The summed E-state index contributed by atoms with van der Waals surface area (Å²) in [6, 6.07) is 9.43. The predicted octanol–water partition coefficient (Wildman–Crippen LogP) is 1.67. The van der Waals surface area contributed by atoms with Crippen LogP contribution in [0.3, 0.4) is 0 Å². The first kappa shape index (κ1) is 12.5. The van der Waals surface area contributed by atoms with E-state index in [1.807, 2.05) is 30.3 Å². The van der Waals surface area contributed by atoms with Gasteiger partial charge in [0, 0.05) is 11.4 Å². The Hall–Kier alpha value is -2.19.